The summed E-state index contributed by atoms with van der Waals surface area (Å²) < 4.78 is 13.4. The fourth-order valence-corrected chi connectivity index (χ4v) is 2.05. The molecule has 0 aliphatic heterocycles. The molecule has 1 aromatic rings. The lowest BCUT2D eigenvalue weighted by Crippen LogP contribution is -2.39. The van der Waals surface area contributed by atoms with E-state index in [0.717, 1.165) is 5.33 Å². The number of rotatable bonds is 5. The van der Waals surface area contributed by atoms with Crippen LogP contribution in [0.25, 0.3) is 0 Å². The van der Waals surface area contributed by atoms with E-state index in [1.165, 1.54) is 6.07 Å². The molecule has 0 N–H and O–H groups in total. The fraction of sp³-hybridized carbons (Fsp3) is 0.462. The van der Waals surface area contributed by atoms with E-state index >= 15 is 0 Å². The molecule has 1 amide bonds. The third-order valence-corrected chi connectivity index (χ3v) is 2.92. The van der Waals surface area contributed by atoms with Crippen molar-refractivity contribution in [2.45, 2.75) is 26.3 Å². The summed E-state index contributed by atoms with van der Waals surface area (Å²) in [5, 5.41) is 0.730. The van der Waals surface area contributed by atoms with Gasteiger partial charge in [-0.2, -0.15) is 0 Å². The van der Waals surface area contributed by atoms with E-state index in [2.05, 4.69) is 15.9 Å². The lowest BCUT2D eigenvalue weighted by molar-refractivity contribution is -0.131. The zero-order valence-electron chi connectivity index (χ0n) is 10.1. The van der Waals surface area contributed by atoms with Crippen LogP contribution < -0.4 is 0 Å². The molecule has 2 nitrogen and oxygen atoms in total. The minimum Gasteiger partial charge on any atom is -0.339 e. The van der Waals surface area contributed by atoms with Crippen LogP contribution in [0.2, 0.25) is 0 Å². The van der Waals surface area contributed by atoms with E-state index in [1.807, 2.05) is 13.8 Å². The van der Waals surface area contributed by atoms with Crippen LogP contribution >= 0.6 is 15.9 Å². The Labute approximate surface area is 110 Å². The summed E-state index contributed by atoms with van der Waals surface area (Å²) in [5.74, 6) is -0.354. The van der Waals surface area contributed by atoms with Gasteiger partial charge in [-0.25, -0.2) is 4.39 Å². The average molecular weight is 302 g/mol. The van der Waals surface area contributed by atoms with Crippen molar-refractivity contribution in [2.75, 3.05) is 11.9 Å². The Morgan fingerprint density at radius 2 is 2.06 bits per heavy atom. The Kier molecular flexibility index (Phi) is 5.62. The van der Waals surface area contributed by atoms with E-state index in [-0.39, 0.29) is 24.2 Å². The van der Waals surface area contributed by atoms with Crippen LogP contribution in [0.5, 0.6) is 0 Å². The molecule has 0 saturated heterocycles. The third kappa shape index (κ3) is 4.11. The van der Waals surface area contributed by atoms with Crippen molar-refractivity contribution >= 4 is 21.8 Å². The molecule has 0 unspecified atom stereocenters. The summed E-state index contributed by atoms with van der Waals surface area (Å²) in [6.07, 6.45) is 0.123. The van der Waals surface area contributed by atoms with Gasteiger partial charge >= 0.3 is 0 Å². The molecule has 94 valence electrons. The van der Waals surface area contributed by atoms with Crippen LogP contribution in [0.3, 0.4) is 0 Å². The molecule has 0 heterocycles. The standard InChI is InChI=1S/C13H17BrFNO/c1-10(2)16(8-7-14)13(17)9-11-5-3-4-6-12(11)15/h3-6,10H,7-9H2,1-2H3. The smallest absolute Gasteiger partial charge is 0.227 e. The van der Waals surface area contributed by atoms with Gasteiger partial charge < -0.3 is 4.90 Å². The third-order valence-electron chi connectivity index (χ3n) is 2.57. The highest BCUT2D eigenvalue weighted by molar-refractivity contribution is 9.09. The predicted molar refractivity (Wildman–Crippen MR) is 70.7 cm³/mol. The summed E-state index contributed by atoms with van der Waals surface area (Å²) in [6, 6.07) is 6.54. The summed E-state index contributed by atoms with van der Waals surface area (Å²) in [7, 11) is 0. The Balaban J connectivity index is 2.73. The van der Waals surface area contributed by atoms with E-state index in [1.54, 1.807) is 23.1 Å². The number of hydrogen-bond donors (Lipinski definition) is 0. The fourth-order valence-electron chi connectivity index (χ4n) is 1.67. The summed E-state index contributed by atoms with van der Waals surface area (Å²) in [6.45, 7) is 4.56. The van der Waals surface area contributed by atoms with Crippen LogP contribution in [0.15, 0.2) is 24.3 Å². The summed E-state index contributed by atoms with van der Waals surface area (Å²) in [5.41, 5.74) is 0.456. The van der Waals surface area contributed by atoms with Crippen LogP contribution in [-0.4, -0.2) is 28.7 Å². The largest absolute Gasteiger partial charge is 0.339 e. The van der Waals surface area contributed by atoms with Gasteiger partial charge in [0.25, 0.3) is 0 Å². The first-order valence-corrected chi connectivity index (χ1v) is 6.77. The van der Waals surface area contributed by atoms with Crippen LogP contribution in [-0.2, 0) is 11.2 Å². The second-order valence-corrected chi connectivity index (χ2v) is 4.93. The molecule has 1 rings (SSSR count). The van der Waals surface area contributed by atoms with Gasteiger partial charge in [0.1, 0.15) is 5.82 Å². The zero-order valence-corrected chi connectivity index (χ0v) is 11.7. The second kappa shape index (κ2) is 6.74. The minimum absolute atomic E-state index is 0.0375. The first kappa shape index (κ1) is 14.2. The van der Waals surface area contributed by atoms with E-state index in [9.17, 15) is 9.18 Å². The molecule has 0 spiro atoms. The molecule has 0 fully saturated rings. The zero-order chi connectivity index (χ0) is 12.8. The molecular weight excluding hydrogens is 285 g/mol. The highest BCUT2D eigenvalue weighted by Gasteiger charge is 2.17. The molecule has 4 heteroatoms. The molecule has 17 heavy (non-hydrogen) atoms. The van der Waals surface area contributed by atoms with Gasteiger partial charge in [-0.05, 0) is 25.5 Å². The normalized spacial score (nSPS) is 10.6. The van der Waals surface area contributed by atoms with Gasteiger partial charge in [-0.15, -0.1) is 0 Å². The Morgan fingerprint density at radius 1 is 1.41 bits per heavy atom. The Hall–Kier alpha value is -0.900. The molecule has 0 atom stereocenters. The minimum atomic E-state index is -0.316. The van der Waals surface area contributed by atoms with E-state index in [4.69, 9.17) is 0 Å². The molecule has 0 aliphatic rings. The molecule has 0 radical (unpaired) electrons. The maximum Gasteiger partial charge on any atom is 0.227 e. The van der Waals surface area contributed by atoms with Crippen LogP contribution in [0, 0.1) is 5.82 Å². The van der Waals surface area contributed by atoms with Crippen molar-refractivity contribution in [2.24, 2.45) is 0 Å². The molecular formula is C13H17BrFNO. The highest BCUT2D eigenvalue weighted by Crippen LogP contribution is 2.10. The van der Waals surface area contributed by atoms with Gasteiger partial charge in [-0.3, -0.25) is 4.79 Å². The van der Waals surface area contributed by atoms with Crippen molar-refractivity contribution < 1.29 is 9.18 Å². The maximum absolute atomic E-state index is 13.4. The average Bonchev–Trinajstić information content (AvgIpc) is 2.28. The van der Waals surface area contributed by atoms with Gasteiger partial charge in [0.15, 0.2) is 0 Å². The molecule has 0 aromatic heterocycles. The molecule has 0 saturated carbocycles. The number of alkyl halides is 1. The lowest BCUT2D eigenvalue weighted by Gasteiger charge is -2.26. The quantitative estimate of drug-likeness (QED) is 0.766. The van der Waals surface area contributed by atoms with Crippen LogP contribution in [0.4, 0.5) is 4.39 Å². The maximum atomic E-state index is 13.4. The van der Waals surface area contributed by atoms with Crippen molar-refractivity contribution in [3.63, 3.8) is 0 Å². The van der Waals surface area contributed by atoms with Gasteiger partial charge in [0.2, 0.25) is 5.91 Å². The topological polar surface area (TPSA) is 20.3 Å². The first-order chi connectivity index (χ1) is 8.06. The lowest BCUT2D eigenvalue weighted by atomic mass is 10.1. The van der Waals surface area contributed by atoms with Crippen molar-refractivity contribution in [3.8, 4) is 0 Å². The highest BCUT2D eigenvalue weighted by atomic mass is 79.9. The molecule has 0 aliphatic carbocycles. The van der Waals surface area contributed by atoms with Crippen molar-refractivity contribution in [3.05, 3.63) is 35.6 Å². The number of halogens is 2. The van der Waals surface area contributed by atoms with E-state index < -0.39 is 0 Å². The van der Waals surface area contributed by atoms with Gasteiger partial charge in [-0.1, -0.05) is 34.1 Å². The Bertz CT molecular complexity index is 381. The number of benzene rings is 1. The van der Waals surface area contributed by atoms with Gasteiger partial charge in [0, 0.05) is 17.9 Å². The van der Waals surface area contributed by atoms with Gasteiger partial charge in [0.05, 0.1) is 6.42 Å². The van der Waals surface area contributed by atoms with E-state index in [0.29, 0.717) is 12.1 Å². The molecule has 1 aromatic carbocycles. The van der Waals surface area contributed by atoms with Crippen molar-refractivity contribution in [1.29, 1.82) is 0 Å². The number of hydrogen-bond acceptors (Lipinski definition) is 1. The van der Waals surface area contributed by atoms with Crippen LogP contribution in [0.1, 0.15) is 19.4 Å². The SMILES string of the molecule is CC(C)N(CCBr)C(=O)Cc1ccccc1F. The Morgan fingerprint density at radius 3 is 2.59 bits per heavy atom. The predicted octanol–water partition coefficient (Wildman–Crippen LogP) is 3.00. The number of nitrogens with zero attached hydrogens (tertiary/aromatic N) is 1. The number of amides is 1. The molecule has 0 bridgehead atoms. The number of carbonyl (C=O) groups is 1. The van der Waals surface area contributed by atoms with Crippen molar-refractivity contribution in [1.82, 2.24) is 4.90 Å². The summed E-state index contributed by atoms with van der Waals surface area (Å²) >= 11 is 3.32. The monoisotopic (exact) mass is 301 g/mol. The second-order valence-electron chi connectivity index (χ2n) is 4.14. The number of carbonyl (C=O) groups excluding carboxylic acids is 1. The summed E-state index contributed by atoms with van der Waals surface area (Å²) in [4.78, 5) is 13.8. The first-order valence-electron chi connectivity index (χ1n) is 5.65.